The first-order valence-corrected chi connectivity index (χ1v) is 9.38. The number of hydrogen-bond donors (Lipinski definition) is 2. The first-order valence-electron chi connectivity index (χ1n) is 9.38. The van der Waals surface area contributed by atoms with Crippen molar-refractivity contribution in [3.05, 3.63) is 72.1 Å². The SMILES string of the molecule is CCN(CC)c1ccc(NC(=O)c2cnc(Nc3cccc(C#N)c3)nc2)cc1. The minimum atomic E-state index is -0.279. The predicted octanol–water partition coefficient (Wildman–Crippen LogP) is 4.19. The van der Waals surface area contributed by atoms with Crippen LogP contribution in [0.15, 0.2) is 60.9 Å². The summed E-state index contributed by atoms with van der Waals surface area (Å²) in [5.41, 5.74) is 3.43. The molecule has 0 saturated carbocycles. The zero-order valence-electron chi connectivity index (χ0n) is 16.4. The minimum Gasteiger partial charge on any atom is -0.372 e. The number of hydrogen-bond acceptors (Lipinski definition) is 6. The number of nitriles is 1. The molecule has 0 atom stereocenters. The van der Waals surface area contributed by atoms with Gasteiger partial charge in [-0.15, -0.1) is 0 Å². The molecule has 0 unspecified atom stereocenters. The van der Waals surface area contributed by atoms with Gasteiger partial charge in [-0.2, -0.15) is 5.26 Å². The van der Waals surface area contributed by atoms with Gasteiger partial charge in [0.15, 0.2) is 0 Å². The third-order valence-electron chi connectivity index (χ3n) is 4.42. The van der Waals surface area contributed by atoms with Gasteiger partial charge < -0.3 is 15.5 Å². The van der Waals surface area contributed by atoms with Crippen LogP contribution in [0.5, 0.6) is 0 Å². The van der Waals surface area contributed by atoms with Gasteiger partial charge in [-0.3, -0.25) is 4.79 Å². The molecule has 0 bridgehead atoms. The highest BCUT2D eigenvalue weighted by Gasteiger charge is 2.09. The first-order chi connectivity index (χ1) is 14.1. The van der Waals surface area contributed by atoms with E-state index in [1.807, 2.05) is 30.3 Å². The van der Waals surface area contributed by atoms with E-state index in [1.54, 1.807) is 18.2 Å². The van der Waals surface area contributed by atoms with Crippen molar-refractivity contribution in [1.29, 1.82) is 5.26 Å². The summed E-state index contributed by atoms with van der Waals surface area (Å²) in [6.07, 6.45) is 2.92. The molecule has 146 valence electrons. The molecule has 0 spiro atoms. The first kappa shape index (κ1) is 19.8. The van der Waals surface area contributed by atoms with Crippen molar-refractivity contribution in [3.63, 3.8) is 0 Å². The molecule has 3 aromatic rings. The fourth-order valence-electron chi connectivity index (χ4n) is 2.85. The van der Waals surface area contributed by atoms with E-state index >= 15 is 0 Å². The highest BCUT2D eigenvalue weighted by Crippen LogP contribution is 2.19. The molecule has 3 rings (SSSR count). The summed E-state index contributed by atoms with van der Waals surface area (Å²) in [7, 11) is 0. The van der Waals surface area contributed by atoms with Crippen molar-refractivity contribution < 1.29 is 4.79 Å². The Kier molecular flexibility index (Phi) is 6.38. The van der Waals surface area contributed by atoms with E-state index in [4.69, 9.17) is 5.26 Å². The second-order valence-corrected chi connectivity index (χ2v) is 6.29. The fraction of sp³-hybridized carbons (Fsp3) is 0.182. The number of carbonyl (C=O) groups excluding carboxylic acids is 1. The van der Waals surface area contributed by atoms with E-state index in [0.29, 0.717) is 28.5 Å². The third kappa shape index (κ3) is 5.08. The number of nitrogens with one attached hydrogen (secondary N) is 2. The zero-order chi connectivity index (χ0) is 20.6. The molecule has 0 fully saturated rings. The smallest absolute Gasteiger partial charge is 0.258 e. The van der Waals surface area contributed by atoms with Gasteiger partial charge in [-0.25, -0.2) is 9.97 Å². The molecule has 7 nitrogen and oxygen atoms in total. The van der Waals surface area contributed by atoms with Gasteiger partial charge in [0, 0.05) is 42.5 Å². The van der Waals surface area contributed by atoms with Crippen LogP contribution >= 0.6 is 0 Å². The second kappa shape index (κ2) is 9.33. The Balaban J connectivity index is 1.63. The summed E-state index contributed by atoms with van der Waals surface area (Å²) in [5, 5.41) is 14.8. The van der Waals surface area contributed by atoms with Crippen molar-refractivity contribution in [2.75, 3.05) is 28.6 Å². The van der Waals surface area contributed by atoms with Gasteiger partial charge in [0.2, 0.25) is 5.95 Å². The normalized spacial score (nSPS) is 10.1. The fourth-order valence-corrected chi connectivity index (χ4v) is 2.85. The lowest BCUT2D eigenvalue weighted by molar-refractivity contribution is 0.102. The topological polar surface area (TPSA) is 93.9 Å². The van der Waals surface area contributed by atoms with Gasteiger partial charge in [-0.1, -0.05) is 6.07 Å². The monoisotopic (exact) mass is 386 g/mol. The number of benzene rings is 2. The molecule has 2 aromatic carbocycles. The van der Waals surface area contributed by atoms with Crippen LogP contribution in [-0.4, -0.2) is 29.0 Å². The van der Waals surface area contributed by atoms with E-state index in [1.165, 1.54) is 12.4 Å². The van der Waals surface area contributed by atoms with E-state index in [0.717, 1.165) is 18.8 Å². The number of rotatable bonds is 7. The lowest BCUT2D eigenvalue weighted by atomic mass is 10.2. The van der Waals surface area contributed by atoms with Crippen LogP contribution in [0.1, 0.15) is 29.8 Å². The van der Waals surface area contributed by atoms with Gasteiger partial charge >= 0.3 is 0 Å². The quantitative estimate of drug-likeness (QED) is 0.632. The molecule has 0 radical (unpaired) electrons. The highest BCUT2D eigenvalue weighted by molar-refractivity contribution is 6.04. The molecule has 0 aliphatic heterocycles. The molecule has 29 heavy (non-hydrogen) atoms. The standard InChI is InChI=1S/C22H22N6O/c1-3-28(4-2)20-10-8-18(9-11-20)26-21(29)17-14-24-22(25-15-17)27-19-7-5-6-16(12-19)13-23/h5-12,14-15H,3-4H2,1-2H3,(H,26,29)(H,24,25,27). The lowest BCUT2D eigenvalue weighted by Gasteiger charge is -2.21. The van der Waals surface area contributed by atoms with Gasteiger partial charge in [0.25, 0.3) is 5.91 Å². The third-order valence-corrected chi connectivity index (χ3v) is 4.42. The summed E-state index contributed by atoms with van der Waals surface area (Å²) in [4.78, 5) is 23.0. The lowest BCUT2D eigenvalue weighted by Crippen LogP contribution is -2.21. The molecule has 2 N–H and O–H groups in total. The van der Waals surface area contributed by atoms with E-state index < -0.39 is 0 Å². The summed E-state index contributed by atoms with van der Waals surface area (Å²) >= 11 is 0. The van der Waals surface area contributed by atoms with Gasteiger partial charge in [0.1, 0.15) is 0 Å². The molecule has 7 heteroatoms. The Morgan fingerprint density at radius 2 is 1.72 bits per heavy atom. The Morgan fingerprint density at radius 1 is 1.03 bits per heavy atom. The number of carbonyl (C=O) groups is 1. The average molecular weight is 386 g/mol. The van der Waals surface area contributed by atoms with Crippen molar-refractivity contribution in [2.45, 2.75) is 13.8 Å². The Hall–Kier alpha value is -3.92. The summed E-state index contributed by atoms with van der Waals surface area (Å²) in [6, 6.07) is 16.8. The van der Waals surface area contributed by atoms with Crippen LogP contribution in [-0.2, 0) is 0 Å². The number of aromatic nitrogens is 2. The van der Waals surface area contributed by atoms with E-state index in [9.17, 15) is 4.79 Å². The van der Waals surface area contributed by atoms with E-state index in [-0.39, 0.29) is 5.91 Å². The summed E-state index contributed by atoms with van der Waals surface area (Å²) in [6.45, 7) is 6.08. The molecular formula is C22H22N6O. The van der Waals surface area contributed by atoms with Crippen LogP contribution in [0.3, 0.4) is 0 Å². The maximum absolute atomic E-state index is 12.4. The summed E-state index contributed by atoms with van der Waals surface area (Å²) in [5.74, 6) is 0.0684. The molecule has 0 aliphatic carbocycles. The van der Waals surface area contributed by atoms with Crippen LogP contribution in [0.4, 0.5) is 23.0 Å². The Labute approximate surface area is 170 Å². The van der Waals surface area contributed by atoms with Crippen LogP contribution in [0.2, 0.25) is 0 Å². The van der Waals surface area contributed by atoms with Crippen molar-refractivity contribution >= 4 is 28.9 Å². The molecule has 1 heterocycles. The Bertz CT molecular complexity index is 1000. The second-order valence-electron chi connectivity index (χ2n) is 6.29. The van der Waals surface area contributed by atoms with Crippen molar-refractivity contribution in [1.82, 2.24) is 9.97 Å². The minimum absolute atomic E-state index is 0.279. The molecule has 1 amide bonds. The number of nitrogens with zero attached hydrogens (tertiary/aromatic N) is 4. The molecule has 1 aromatic heterocycles. The van der Waals surface area contributed by atoms with Gasteiger partial charge in [0.05, 0.1) is 17.2 Å². The van der Waals surface area contributed by atoms with Crippen molar-refractivity contribution in [3.8, 4) is 6.07 Å². The Morgan fingerprint density at radius 3 is 2.34 bits per heavy atom. The van der Waals surface area contributed by atoms with Gasteiger partial charge in [-0.05, 0) is 56.3 Å². The molecule has 0 aliphatic rings. The van der Waals surface area contributed by atoms with Crippen LogP contribution in [0.25, 0.3) is 0 Å². The highest BCUT2D eigenvalue weighted by atomic mass is 16.1. The van der Waals surface area contributed by atoms with Crippen molar-refractivity contribution in [2.24, 2.45) is 0 Å². The molecule has 0 saturated heterocycles. The van der Waals surface area contributed by atoms with Crippen LogP contribution < -0.4 is 15.5 Å². The maximum Gasteiger partial charge on any atom is 0.258 e. The predicted molar refractivity (Wildman–Crippen MR) is 114 cm³/mol. The van der Waals surface area contributed by atoms with E-state index in [2.05, 4.69) is 45.4 Å². The molecular weight excluding hydrogens is 364 g/mol. The van der Waals surface area contributed by atoms with Crippen LogP contribution in [0, 0.1) is 11.3 Å². The largest absolute Gasteiger partial charge is 0.372 e. The summed E-state index contributed by atoms with van der Waals surface area (Å²) < 4.78 is 0. The number of anilines is 4. The average Bonchev–Trinajstić information content (AvgIpc) is 2.76. The number of amides is 1. The maximum atomic E-state index is 12.4. The zero-order valence-corrected chi connectivity index (χ0v) is 16.4.